The number of rotatable bonds is 6. The third-order valence-electron chi connectivity index (χ3n) is 9.42. The van der Waals surface area contributed by atoms with Gasteiger partial charge in [0.25, 0.3) is 0 Å². The minimum atomic E-state index is -3.67. The van der Waals surface area contributed by atoms with Crippen LogP contribution in [0.2, 0.25) is 0 Å². The highest BCUT2D eigenvalue weighted by atomic mass is 19.4. The topological polar surface area (TPSA) is 95.9 Å². The zero-order valence-electron chi connectivity index (χ0n) is 27.9. The molecule has 2 saturated heterocycles. The Labute approximate surface area is 286 Å². The Kier molecular flexibility index (Phi) is 10.5. The Balaban J connectivity index is 0.000000675. The first-order valence-electron chi connectivity index (χ1n) is 16.9. The van der Waals surface area contributed by atoms with Crippen LogP contribution in [0.1, 0.15) is 45.1 Å². The molecule has 3 aliphatic heterocycles. The SMILES string of the molecule is C#Cc1c(F)ccc2cc(O)cc(-c3nc4c5c(nc(OCC6(CN7CCCC7)CC6)nc5c3F)N3CCNC[C@H]3CO4)c12.CC.FC(F)F. The number of pyridine rings is 1. The Bertz CT molecular complexity index is 1910. The number of alkyl halides is 3. The number of phenolic OH excluding ortho intramolecular Hbond substituents is 1. The van der Waals surface area contributed by atoms with Crippen molar-refractivity contribution in [2.45, 2.75) is 52.3 Å². The lowest BCUT2D eigenvalue weighted by Gasteiger charge is -2.35. The van der Waals surface area contributed by atoms with Crippen molar-refractivity contribution in [3.05, 3.63) is 41.5 Å². The average Bonchev–Trinajstić information content (AvgIpc) is 3.73. The maximum atomic E-state index is 16.8. The Morgan fingerprint density at radius 3 is 2.52 bits per heavy atom. The van der Waals surface area contributed by atoms with Gasteiger partial charge in [0, 0.05) is 42.5 Å². The summed E-state index contributed by atoms with van der Waals surface area (Å²) in [7, 11) is 0. The quantitative estimate of drug-likeness (QED) is 0.174. The van der Waals surface area contributed by atoms with E-state index in [1.165, 1.54) is 37.1 Å². The first-order valence-corrected chi connectivity index (χ1v) is 16.9. The number of benzene rings is 2. The van der Waals surface area contributed by atoms with Crippen molar-refractivity contribution in [2.75, 3.05) is 57.4 Å². The number of terminal acetylenes is 1. The van der Waals surface area contributed by atoms with Gasteiger partial charge >= 0.3 is 12.7 Å². The Hall–Kier alpha value is -4.48. The molecule has 2 aromatic heterocycles. The van der Waals surface area contributed by atoms with Crippen LogP contribution in [0.15, 0.2) is 24.3 Å². The third-order valence-corrected chi connectivity index (χ3v) is 9.42. The van der Waals surface area contributed by atoms with Crippen LogP contribution in [0.5, 0.6) is 17.6 Å². The van der Waals surface area contributed by atoms with Gasteiger partial charge in [-0.1, -0.05) is 25.8 Å². The number of hydrogen-bond donors (Lipinski definition) is 2. The number of aromatic hydroxyl groups is 1. The van der Waals surface area contributed by atoms with Crippen LogP contribution in [-0.2, 0) is 0 Å². The normalized spacial score (nSPS) is 19.0. The molecule has 9 nitrogen and oxygen atoms in total. The molecule has 8 rings (SSSR count). The average molecular weight is 699 g/mol. The molecule has 5 heterocycles. The summed E-state index contributed by atoms with van der Waals surface area (Å²) >= 11 is 0. The van der Waals surface area contributed by atoms with Crippen molar-refractivity contribution in [1.29, 1.82) is 0 Å². The third kappa shape index (κ3) is 7.07. The molecule has 266 valence electrons. The predicted molar refractivity (Wildman–Crippen MR) is 181 cm³/mol. The fourth-order valence-electron chi connectivity index (χ4n) is 6.93. The largest absolute Gasteiger partial charge is 0.508 e. The van der Waals surface area contributed by atoms with Crippen molar-refractivity contribution < 1.29 is 36.5 Å². The van der Waals surface area contributed by atoms with Crippen LogP contribution in [-0.4, -0.2) is 90.2 Å². The molecule has 0 amide bonds. The molecule has 1 atom stereocenters. The van der Waals surface area contributed by atoms with Crippen molar-refractivity contribution in [3.8, 4) is 41.2 Å². The fraction of sp³-hybridized carbons (Fsp3) is 0.472. The van der Waals surface area contributed by atoms with E-state index in [-0.39, 0.29) is 63.4 Å². The number of nitrogens with one attached hydrogen (secondary N) is 1. The zero-order valence-corrected chi connectivity index (χ0v) is 27.9. The van der Waals surface area contributed by atoms with Crippen LogP contribution in [0.25, 0.3) is 32.9 Å². The summed E-state index contributed by atoms with van der Waals surface area (Å²) in [5, 5.41) is 15.0. The first-order chi connectivity index (χ1) is 24.2. The molecule has 0 bridgehead atoms. The van der Waals surface area contributed by atoms with Gasteiger partial charge in [-0.3, -0.25) is 0 Å². The summed E-state index contributed by atoms with van der Waals surface area (Å²) in [6, 6.07) is 5.54. The van der Waals surface area contributed by atoms with Gasteiger partial charge in [0.15, 0.2) is 5.82 Å². The van der Waals surface area contributed by atoms with E-state index in [0.717, 1.165) is 39.0 Å². The summed E-state index contributed by atoms with van der Waals surface area (Å²) < 4.78 is 73.2. The van der Waals surface area contributed by atoms with Crippen LogP contribution in [0, 0.1) is 29.4 Å². The molecule has 0 unspecified atom stereocenters. The number of phenols is 1. The lowest BCUT2D eigenvalue weighted by atomic mass is 9.95. The number of likely N-dealkylation sites (tertiary alicyclic amines) is 1. The second-order valence-electron chi connectivity index (χ2n) is 12.7. The molecule has 14 heteroatoms. The molecule has 1 saturated carbocycles. The van der Waals surface area contributed by atoms with Crippen molar-refractivity contribution >= 4 is 27.5 Å². The van der Waals surface area contributed by atoms with Gasteiger partial charge < -0.3 is 29.7 Å². The minimum Gasteiger partial charge on any atom is -0.508 e. The number of halogens is 5. The van der Waals surface area contributed by atoms with Gasteiger partial charge in [0.1, 0.15) is 40.6 Å². The second-order valence-corrected chi connectivity index (χ2v) is 12.7. The van der Waals surface area contributed by atoms with E-state index in [0.29, 0.717) is 36.3 Å². The number of anilines is 1. The van der Waals surface area contributed by atoms with E-state index in [9.17, 15) is 22.7 Å². The number of aromatic nitrogens is 3. The summed E-state index contributed by atoms with van der Waals surface area (Å²) in [5.41, 5.74) is -0.0178. The summed E-state index contributed by atoms with van der Waals surface area (Å²) in [4.78, 5) is 18.7. The molecule has 2 aromatic carbocycles. The maximum Gasteiger partial charge on any atom is 0.379 e. The number of hydrogen-bond acceptors (Lipinski definition) is 9. The Morgan fingerprint density at radius 1 is 1.08 bits per heavy atom. The van der Waals surface area contributed by atoms with E-state index in [4.69, 9.17) is 20.9 Å². The molecule has 0 radical (unpaired) electrons. The molecule has 2 N–H and O–H groups in total. The minimum absolute atomic E-state index is 0.0104. The van der Waals surface area contributed by atoms with Gasteiger partial charge in [-0.05, 0) is 62.4 Å². The lowest BCUT2D eigenvalue weighted by molar-refractivity contribution is 0.00818. The molecule has 4 aliphatic rings. The Morgan fingerprint density at radius 2 is 1.82 bits per heavy atom. The first kappa shape index (κ1) is 35.3. The van der Waals surface area contributed by atoms with Gasteiger partial charge in [-0.2, -0.15) is 23.1 Å². The molecular weight excluding hydrogens is 659 g/mol. The second kappa shape index (κ2) is 14.8. The van der Waals surface area contributed by atoms with Crippen molar-refractivity contribution in [3.63, 3.8) is 0 Å². The number of piperazine rings is 1. The van der Waals surface area contributed by atoms with Gasteiger partial charge in [-0.25, -0.2) is 13.8 Å². The maximum absolute atomic E-state index is 16.8. The number of ether oxygens (including phenoxy) is 2. The monoisotopic (exact) mass is 698 g/mol. The highest BCUT2D eigenvalue weighted by Gasteiger charge is 2.45. The molecule has 1 aliphatic carbocycles. The van der Waals surface area contributed by atoms with E-state index in [1.807, 2.05) is 13.8 Å². The fourth-order valence-corrected chi connectivity index (χ4v) is 6.93. The molecule has 3 fully saturated rings. The van der Waals surface area contributed by atoms with Crippen LogP contribution in [0.3, 0.4) is 0 Å². The molecule has 0 spiro atoms. The van der Waals surface area contributed by atoms with E-state index in [2.05, 4.69) is 31.0 Å². The summed E-state index contributed by atoms with van der Waals surface area (Å²) in [6.07, 6.45) is 10.3. The predicted octanol–water partition coefficient (Wildman–Crippen LogP) is 6.44. The summed E-state index contributed by atoms with van der Waals surface area (Å²) in [5.74, 6) is 1.54. The van der Waals surface area contributed by atoms with Crippen LogP contribution >= 0.6 is 0 Å². The molecule has 50 heavy (non-hydrogen) atoms. The van der Waals surface area contributed by atoms with E-state index >= 15 is 4.39 Å². The van der Waals surface area contributed by atoms with Crippen LogP contribution < -0.4 is 19.7 Å². The smallest absolute Gasteiger partial charge is 0.379 e. The highest BCUT2D eigenvalue weighted by Crippen LogP contribution is 2.48. The van der Waals surface area contributed by atoms with Gasteiger partial charge in [-0.15, -0.1) is 6.42 Å². The van der Waals surface area contributed by atoms with E-state index < -0.39 is 18.3 Å². The number of nitrogens with zero attached hydrogens (tertiary/aromatic N) is 5. The lowest BCUT2D eigenvalue weighted by Crippen LogP contribution is -2.53. The molecule has 4 aromatic rings. The zero-order chi connectivity index (χ0) is 35.6. The van der Waals surface area contributed by atoms with E-state index in [1.54, 1.807) is 0 Å². The van der Waals surface area contributed by atoms with Gasteiger partial charge in [0.05, 0.1) is 18.2 Å². The summed E-state index contributed by atoms with van der Waals surface area (Å²) in [6.45, 7) is 6.31. The van der Waals surface area contributed by atoms with Crippen molar-refractivity contribution in [2.24, 2.45) is 5.41 Å². The van der Waals surface area contributed by atoms with Gasteiger partial charge in [0.2, 0.25) is 5.88 Å². The standard InChI is InChI=1S/C33H32F2N6O3.C2H6.CHF3/c1-2-22-24(34)6-5-19-13-21(42)14-23(25(19)22)28-27(35)29-26-30(41-12-9-36-15-20(41)16-43-31(26)37-28)39-32(38-29)44-18-33(7-8-33)17-40-10-3-4-11-40;1-2;2-1(3)4/h1,5-6,13-14,20,36,42H,3-4,7-12,15-18H2;1-2H3;1H/t20-;;/m0../s1. The molecular formula is C36H39F5N6O3. The van der Waals surface area contributed by atoms with Crippen LogP contribution in [0.4, 0.5) is 27.8 Å². The number of fused-ring (bicyclic) bond motifs is 3. The highest BCUT2D eigenvalue weighted by molar-refractivity contribution is 6.04. The van der Waals surface area contributed by atoms with Crippen molar-refractivity contribution in [1.82, 2.24) is 25.2 Å².